The predicted octanol–water partition coefficient (Wildman–Crippen LogP) is 0.252. The van der Waals surface area contributed by atoms with Crippen LogP contribution in [-0.4, -0.2) is 23.8 Å². The third kappa shape index (κ3) is 2.30. The van der Waals surface area contributed by atoms with E-state index in [2.05, 4.69) is 10.6 Å². The minimum Gasteiger partial charge on any atom is -0.372 e. The summed E-state index contributed by atoms with van der Waals surface area (Å²) in [5.41, 5.74) is 2.41. The summed E-state index contributed by atoms with van der Waals surface area (Å²) in [5.74, 6) is -1.05. The van der Waals surface area contributed by atoms with Crippen molar-refractivity contribution in [2.75, 3.05) is 0 Å². The fraction of sp³-hybridized carbons (Fsp3) is 0.357. The molecule has 1 aromatic rings. The monoisotopic (exact) mass is 274 g/mol. The van der Waals surface area contributed by atoms with E-state index < -0.39 is 11.9 Å². The van der Waals surface area contributed by atoms with E-state index in [0.29, 0.717) is 25.2 Å². The van der Waals surface area contributed by atoms with E-state index >= 15 is 0 Å². The third-order valence-corrected chi connectivity index (χ3v) is 3.57. The van der Waals surface area contributed by atoms with Crippen molar-refractivity contribution in [1.82, 2.24) is 10.6 Å². The second kappa shape index (κ2) is 5.05. The first-order chi connectivity index (χ1) is 9.65. The molecule has 2 aliphatic rings. The maximum Gasteiger partial charge on any atom is 0.252 e. The molecular weight excluding hydrogens is 260 g/mol. The molecule has 20 heavy (non-hydrogen) atoms. The Balaban J connectivity index is 1.76. The average Bonchev–Trinajstić information content (AvgIpc) is 2.90. The molecule has 0 aromatic heterocycles. The molecule has 3 rings (SSSR count). The molecule has 0 saturated carbocycles. The molecular formula is C14H14N2O4. The molecule has 1 atom stereocenters. The number of fused-ring (bicyclic) bond motifs is 1. The van der Waals surface area contributed by atoms with Crippen molar-refractivity contribution in [1.29, 1.82) is 0 Å². The van der Waals surface area contributed by atoms with E-state index in [-0.39, 0.29) is 18.2 Å². The van der Waals surface area contributed by atoms with Crippen molar-refractivity contribution >= 4 is 17.7 Å². The largest absolute Gasteiger partial charge is 0.372 e. The molecule has 1 aromatic carbocycles. The van der Waals surface area contributed by atoms with Gasteiger partial charge in [0.2, 0.25) is 11.8 Å². The van der Waals surface area contributed by atoms with Crippen LogP contribution in [0.4, 0.5) is 0 Å². The summed E-state index contributed by atoms with van der Waals surface area (Å²) in [7, 11) is 0. The lowest BCUT2D eigenvalue weighted by molar-refractivity contribution is -0.134. The first kappa shape index (κ1) is 12.8. The van der Waals surface area contributed by atoms with Crippen LogP contribution in [0.25, 0.3) is 0 Å². The van der Waals surface area contributed by atoms with Crippen molar-refractivity contribution in [3.8, 4) is 0 Å². The zero-order chi connectivity index (χ0) is 14.1. The van der Waals surface area contributed by atoms with Gasteiger partial charge in [-0.1, -0.05) is 12.1 Å². The van der Waals surface area contributed by atoms with E-state index in [4.69, 9.17) is 4.74 Å². The molecule has 6 heteroatoms. The predicted molar refractivity (Wildman–Crippen MR) is 68.6 cm³/mol. The van der Waals surface area contributed by atoms with Crippen molar-refractivity contribution in [3.63, 3.8) is 0 Å². The lowest BCUT2D eigenvalue weighted by atomic mass is 10.0. The lowest BCUT2D eigenvalue weighted by Gasteiger charge is -2.22. The molecule has 2 aliphatic heterocycles. The van der Waals surface area contributed by atoms with Gasteiger partial charge in [-0.15, -0.1) is 0 Å². The first-order valence-corrected chi connectivity index (χ1v) is 6.48. The van der Waals surface area contributed by atoms with E-state index in [9.17, 15) is 14.4 Å². The Bertz CT molecular complexity index is 597. The highest BCUT2D eigenvalue weighted by atomic mass is 16.5. The standard InChI is InChI=1S/C14H14N2O4/c17-12-5-4-11(14(19)16-12)15-13(18)9-3-1-2-8-6-20-7-10(8)9/h1-3,11H,4-7H2,(H,15,18)(H,16,17,19). The summed E-state index contributed by atoms with van der Waals surface area (Å²) in [4.78, 5) is 35.0. The number of rotatable bonds is 2. The number of hydrogen-bond acceptors (Lipinski definition) is 4. The molecule has 1 saturated heterocycles. The minimum atomic E-state index is -0.654. The highest BCUT2D eigenvalue weighted by molar-refractivity contribution is 6.04. The van der Waals surface area contributed by atoms with Crippen molar-refractivity contribution in [2.45, 2.75) is 32.1 Å². The Labute approximate surface area is 115 Å². The van der Waals surface area contributed by atoms with Crippen molar-refractivity contribution in [3.05, 3.63) is 34.9 Å². The van der Waals surface area contributed by atoms with Crippen LogP contribution in [0.5, 0.6) is 0 Å². The first-order valence-electron chi connectivity index (χ1n) is 6.48. The van der Waals surface area contributed by atoms with E-state index in [1.165, 1.54) is 0 Å². The van der Waals surface area contributed by atoms with Crippen LogP contribution in [0.15, 0.2) is 18.2 Å². The number of imide groups is 1. The van der Waals surface area contributed by atoms with Crippen LogP contribution in [0, 0.1) is 0 Å². The third-order valence-electron chi connectivity index (χ3n) is 3.57. The Morgan fingerprint density at radius 2 is 2.15 bits per heavy atom. The number of carbonyl (C=O) groups is 3. The van der Waals surface area contributed by atoms with Crippen LogP contribution < -0.4 is 10.6 Å². The van der Waals surface area contributed by atoms with Gasteiger partial charge in [0.15, 0.2) is 0 Å². The number of carbonyl (C=O) groups excluding carboxylic acids is 3. The van der Waals surface area contributed by atoms with Crippen molar-refractivity contribution in [2.24, 2.45) is 0 Å². The highest BCUT2D eigenvalue weighted by Crippen LogP contribution is 2.23. The number of piperidine rings is 1. The van der Waals surface area contributed by atoms with E-state index in [1.54, 1.807) is 12.1 Å². The van der Waals surface area contributed by atoms with Gasteiger partial charge in [0.25, 0.3) is 5.91 Å². The SMILES string of the molecule is O=C1CCC(NC(=O)c2cccc3c2COC3)C(=O)N1. The van der Waals surface area contributed by atoms with Crippen molar-refractivity contribution < 1.29 is 19.1 Å². The number of benzene rings is 1. The second-order valence-electron chi connectivity index (χ2n) is 4.91. The number of nitrogens with one attached hydrogen (secondary N) is 2. The maximum atomic E-state index is 12.3. The molecule has 0 bridgehead atoms. The van der Waals surface area contributed by atoms with Crippen LogP contribution >= 0.6 is 0 Å². The van der Waals surface area contributed by atoms with Crippen LogP contribution in [0.2, 0.25) is 0 Å². The van der Waals surface area contributed by atoms with Crippen LogP contribution in [0.3, 0.4) is 0 Å². The maximum absolute atomic E-state index is 12.3. The Kier molecular flexibility index (Phi) is 3.23. The second-order valence-corrected chi connectivity index (χ2v) is 4.91. The van der Waals surface area contributed by atoms with Gasteiger partial charge in [-0.2, -0.15) is 0 Å². The summed E-state index contributed by atoms with van der Waals surface area (Å²) < 4.78 is 5.33. The summed E-state index contributed by atoms with van der Waals surface area (Å²) >= 11 is 0. The van der Waals surface area contributed by atoms with Crippen LogP contribution in [-0.2, 0) is 27.5 Å². The van der Waals surface area contributed by atoms with Gasteiger partial charge in [0, 0.05) is 12.0 Å². The highest BCUT2D eigenvalue weighted by Gasteiger charge is 2.29. The van der Waals surface area contributed by atoms with Gasteiger partial charge < -0.3 is 10.1 Å². The molecule has 1 fully saturated rings. The summed E-state index contributed by atoms with van der Waals surface area (Å²) in [6, 6.07) is 4.78. The topological polar surface area (TPSA) is 84.5 Å². The van der Waals surface area contributed by atoms with E-state index in [0.717, 1.165) is 11.1 Å². The Morgan fingerprint density at radius 3 is 2.95 bits per heavy atom. The number of amides is 3. The van der Waals surface area contributed by atoms with Gasteiger partial charge in [-0.25, -0.2) is 0 Å². The normalized spacial score (nSPS) is 21.3. The smallest absolute Gasteiger partial charge is 0.252 e. The number of ether oxygens (including phenoxy) is 1. The average molecular weight is 274 g/mol. The molecule has 2 N–H and O–H groups in total. The molecule has 104 valence electrons. The van der Waals surface area contributed by atoms with E-state index in [1.807, 2.05) is 6.07 Å². The molecule has 0 aliphatic carbocycles. The number of hydrogen-bond donors (Lipinski definition) is 2. The zero-order valence-electron chi connectivity index (χ0n) is 10.8. The molecule has 2 heterocycles. The molecule has 6 nitrogen and oxygen atoms in total. The molecule has 0 radical (unpaired) electrons. The van der Waals surface area contributed by atoms with Gasteiger partial charge in [-0.05, 0) is 23.6 Å². The molecule has 1 unspecified atom stereocenters. The molecule has 0 spiro atoms. The van der Waals surface area contributed by atoms with Crippen LogP contribution in [0.1, 0.15) is 34.3 Å². The van der Waals surface area contributed by atoms with Gasteiger partial charge in [0.1, 0.15) is 6.04 Å². The Morgan fingerprint density at radius 1 is 1.30 bits per heavy atom. The quantitative estimate of drug-likeness (QED) is 0.757. The Hall–Kier alpha value is -2.21. The fourth-order valence-corrected chi connectivity index (χ4v) is 2.48. The summed E-state index contributed by atoms with van der Waals surface area (Å²) in [5, 5.41) is 4.90. The lowest BCUT2D eigenvalue weighted by Crippen LogP contribution is -2.52. The van der Waals surface area contributed by atoms with Gasteiger partial charge in [-0.3, -0.25) is 19.7 Å². The molecule has 3 amide bonds. The summed E-state index contributed by atoms with van der Waals surface area (Å²) in [6.07, 6.45) is 0.578. The van der Waals surface area contributed by atoms with Gasteiger partial charge in [0.05, 0.1) is 13.2 Å². The zero-order valence-corrected chi connectivity index (χ0v) is 10.8. The minimum absolute atomic E-state index is 0.243. The van der Waals surface area contributed by atoms with Gasteiger partial charge >= 0.3 is 0 Å². The fourth-order valence-electron chi connectivity index (χ4n) is 2.48. The summed E-state index contributed by atoms with van der Waals surface area (Å²) in [6.45, 7) is 0.920.